The van der Waals surface area contributed by atoms with Crippen LogP contribution < -0.4 is 10.0 Å². The minimum absolute atomic E-state index is 0.227. The van der Waals surface area contributed by atoms with Gasteiger partial charge < -0.3 is 14.8 Å². The van der Waals surface area contributed by atoms with Crippen LogP contribution in [0.25, 0.3) is 11.1 Å². The number of carbonyl (C=O) groups is 1. The van der Waals surface area contributed by atoms with E-state index in [4.69, 9.17) is 4.42 Å². The highest BCUT2D eigenvalue weighted by molar-refractivity contribution is 7.89. The summed E-state index contributed by atoms with van der Waals surface area (Å²) in [6, 6.07) is 7.03. The smallest absolute Gasteiger partial charge is 0.333 e. The van der Waals surface area contributed by atoms with E-state index in [1.165, 1.54) is 19.9 Å². The number of nitrogens with one attached hydrogen (secondary N) is 2. The van der Waals surface area contributed by atoms with Crippen molar-refractivity contribution in [3.05, 3.63) is 71.0 Å². The fraction of sp³-hybridized carbons (Fsp3) is 0.261. The second kappa shape index (κ2) is 8.27. The number of anilines is 1. The molecule has 3 aromatic rings. The third kappa shape index (κ3) is 4.62. The van der Waals surface area contributed by atoms with Gasteiger partial charge in [0.1, 0.15) is 0 Å². The van der Waals surface area contributed by atoms with Gasteiger partial charge in [-0.05, 0) is 61.9 Å². The number of hydrogen-bond donors (Lipinski definition) is 3. The summed E-state index contributed by atoms with van der Waals surface area (Å²) in [6.07, 6.45) is 3.37. The Bertz CT molecular complexity index is 1340. The molecule has 0 radical (unpaired) electrons. The second-order valence-corrected chi connectivity index (χ2v) is 9.99. The third-order valence-corrected chi connectivity index (χ3v) is 6.72. The summed E-state index contributed by atoms with van der Waals surface area (Å²) < 4.78 is 59.4. The first-order chi connectivity index (χ1) is 15.5. The van der Waals surface area contributed by atoms with Crippen LogP contribution in [0.5, 0.6) is 0 Å². The Morgan fingerprint density at radius 2 is 1.85 bits per heavy atom. The van der Waals surface area contributed by atoms with Gasteiger partial charge in [0.2, 0.25) is 5.09 Å². The van der Waals surface area contributed by atoms with Gasteiger partial charge in [0, 0.05) is 17.2 Å². The molecule has 1 aliphatic rings. The normalized spacial score (nSPS) is 13.6. The highest BCUT2D eigenvalue weighted by atomic mass is 32.2. The first-order valence-electron chi connectivity index (χ1n) is 10.2. The zero-order valence-corrected chi connectivity index (χ0v) is 18.7. The number of sulfonamides is 1. The lowest BCUT2D eigenvalue weighted by Crippen LogP contribution is -2.34. The van der Waals surface area contributed by atoms with E-state index < -0.39 is 38.4 Å². The van der Waals surface area contributed by atoms with E-state index >= 15 is 0 Å². The number of aliphatic hydroxyl groups is 1. The molecule has 7 nitrogen and oxygen atoms in total. The van der Waals surface area contributed by atoms with Gasteiger partial charge >= 0.3 is 6.03 Å². The van der Waals surface area contributed by atoms with Crippen LogP contribution in [0.2, 0.25) is 0 Å². The molecule has 0 saturated carbocycles. The van der Waals surface area contributed by atoms with E-state index in [1.54, 1.807) is 6.07 Å². The van der Waals surface area contributed by atoms with Crippen LogP contribution in [0.15, 0.2) is 52.2 Å². The Hall–Kier alpha value is -3.24. The van der Waals surface area contributed by atoms with Gasteiger partial charge in [-0.15, -0.1) is 0 Å². The van der Waals surface area contributed by atoms with Crippen molar-refractivity contribution in [3.63, 3.8) is 0 Å². The van der Waals surface area contributed by atoms with Crippen LogP contribution in [0.3, 0.4) is 0 Å². The predicted octanol–water partition coefficient (Wildman–Crippen LogP) is 4.45. The van der Waals surface area contributed by atoms with Crippen LogP contribution in [-0.2, 0) is 28.5 Å². The molecule has 174 valence electrons. The van der Waals surface area contributed by atoms with Crippen LogP contribution >= 0.6 is 0 Å². The van der Waals surface area contributed by atoms with Crippen molar-refractivity contribution in [2.75, 3.05) is 5.32 Å². The first kappa shape index (κ1) is 22.9. The summed E-state index contributed by atoms with van der Waals surface area (Å²) in [6.45, 7) is 2.92. The standard InChI is InChI=1S/C23H22F2N2O5S/c1-23(2,29)15-11-20(32-12-15)33(30,31)27-22(28)26-21-16-5-3-4-13(16)6-8-17(21)14-7-9-18(24)19(25)10-14/h6-12,29H,3-5H2,1-2H3,(H2,26,27,28). The van der Waals surface area contributed by atoms with Gasteiger partial charge in [0.05, 0.1) is 17.6 Å². The van der Waals surface area contributed by atoms with E-state index in [0.717, 1.165) is 48.4 Å². The molecule has 0 fully saturated rings. The third-order valence-electron chi connectivity index (χ3n) is 5.53. The molecule has 0 spiro atoms. The molecule has 1 aliphatic carbocycles. The predicted molar refractivity (Wildman–Crippen MR) is 117 cm³/mol. The lowest BCUT2D eigenvalue weighted by atomic mass is 9.97. The average molecular weight is 477 g/mol. The van der Waals surface area contributed by atoms with Crippen molar-refractivity contribution >= 4 is 21.7 Å². The number of urea groups is 1. The largest absolute Gasteiger partial charge is 0.451 e. The van der Waals surface area contributed by atoms with Gasteiger partial charge in [-0.2, -0.15) is 8.42 Å². The number of halogens is 2. The summed E-state index contributed by atoms with van der Waals surface area (Å²) in [4.78, 5) is 12.7. The van der Waals surface area contributed by atoms with E-state index in [1.807, 2.05) is 10.8 Å². The maximum Gasteiger partial charge on any atom is 0.333 e. The van der Waals surface area contributed by atoms with Gasteiger partial charge in [0.15, 0.2) is 11.6 Å². The number of rotatable bonds is 5. The average Bonchev–Trinajstić information content (AvgIpc) is 3.39. The van der Waals surface area contributed by atoms with Crippen molar-refractivity contribution in [1.82, 2.24) is 4.72 Å². The molecule has 0 unspecified atom stereocenters. The fourth-order valence-corrected chi connectivity index (χ4v) is 4.66. The van der Waals surface area contributed by atoms with Crippen molar-refractivity contribution < 1.29 is 31.5 Å². The monoisotopic (exact) mass is 476 g/mol. The Labute approximate surface area is 189 Å². The molecule has 10 heteroatoms. The van der Waals surface area contributed by atoms with Crippen molar-refractivity contribution in [3.8, 4) is 11.1 Å². The Morgan fingerprint density at radius 1 is 1.09 bits per heavy atom. The Kier molecular flexibility index (Phi) is 5.75. The van der Waals surface area contributed by atoms with Crippen molar-refractivity contribution in [1.29, 1.82) is 0 Å². The number of aryl methyl sites for hydroxylation is 1. The summed E-state index contributed by atoms with van der Waals surface area (Å²) >= 11 is 0. The zero-order valence-electron chi connectivity index (χ0n) is 17.9. The quantitative estimate of drug-likeness (QED) is 0.504. The van der Waals surface area contributed by atoms with Gasteiger partial charge in [0.25, 0.3) is 10.0 Å². The zero-order chi connectivity index (χ0) is 24.0. The number of amides is 2. The molecular weight excluding hydrogens is 454 g/mol. The Morgan fingerprint density at radius 3 is 2.52 bits per heavy atom. The van der Waals surface area contributed by atoms with E-state index in [0.29, 0.717) is 23.2 Å². The van der Waals surface area contributed by atoms with Crippen LogP contribution in [-0.4, -0.2) is 19.6 Å². The number of fused-ring (bicyclic) bond motifs is 1. The highest BCUT2D eigenvalue weighted by Gasteiger charge is 2.27. The summed E-state index contributed by atoms with van der Waals surface area (Å²) in [5.74, 6) is -2.03. The van der Waals surface area contributed by atoms with Crippen molar-refractivity contribution in [2.45, 2.75) is 43.8 Å². The molecular formula is C23H22F2N2O5S. The van der Waals surface area contributed by atoms with E-state index in [9.17, 15) is 27.1 Å². The van der Waals surface area contributed by atoms with Crippen LogP contribution in [0.1, 0.15) is 37.0 Å². The topological polar surface area (TPSA) is 109 Å². The molecule has 0 aliphatic heterocycles. The summed E-state index contributed by atoms with van der Waals surface area (Å²) in [5, 5.41) is 12.0. The molecule has 2 aromatic carbocycles. The number of hydrogen-bond acceptors (Lipinski definition) is 5. The van der Waals surface area contributed by atoms with Gasteiger partial charge in [-0.1, -0.05) is 18.2 Å². The van der Waals surface area contributed by atoms with Gasteiger partial charge in [-0.3, -0.25) is 0 Å². The number of furan rings is 1. The van der Waals surface area contributed by atoms with E-state index in [2.05, 4.69) is 5.32 Å². The fourth-order valence-electron chi connectivity index (χ4n) is 3.80. The molecule has 2 amide bonds. The minimum atomic E-state index is -4.37. The summed E-state index contributed by atoms with van der Waals surface area (Å²) in [7, 11) is -4.37. The molecule has 0 atom stereocenters. The molecule has 4 rings (SSSR count). The lowest BCUT2D eigenvalue weighted by molar-refractivity contribution is 0.0779. The Balaban J connectivity index is 1.64. The lowest BCUT2D eigenvalue weighted by Gasteiger charge is -2.17. The maximum absolute atomic E-state index is 13.8. The number of benzene rings is 2. The second-order valence-electron chi connectivity index (χ2n) is 8.38. The molecule has 3 N–H and O–H groups in total. The van der Waals surface area contributed by atoms with Gasteiger partial charge in [-0.25, -0.2) is 18.3 Å². The van der Waals surface area contributed by atoms with E-state index in [-0.39, 0.29) is 5.56 Å². The maximum atomic E-state index is 13.8. The number of carbonyl (C=O) groups excluding carboxylic acids is 1. The molecule has 0 saturated heterocycles. The van der Waals surface area contributed by atoms with Crippen LogP contribution in [0.4, 0.5) is 19.3 Å². The molecule has 33 heavy (non-hydrogen) atoms. The van der Waals surface area contributed by atoms with Crippen molar-refractivity contribution in [2.24, 2.45) is 0 Å². The molecule has 1 heterocycles. The minimum Gasteiger partial charge on any atom is -0.451 e. The highest BCUT2D eigenvalue weighted by Crippen LogP contribution is 2.38. The van der Waals surface area contributed by atoms with Crippen LogP contribution in [0, 0.1) is 11.6 Å². The summed E-state index contributed by atoms with van der Waals surface area (Å²) in [5.41, 5.74) is 1.80. The molecule has 1 aromatic heterocycles. The molecule has 0 bridgehead atoms. The first-order valence-corrected chi connectivity index (χ1v) is 11.7. The SMILES string of the molecule is CC(C)(O)c1coc(S(=O)(=O)NC(=O)Nc2c(-c3ccc(F)c(F)c3)ccc3c2CCC3)c1.